The average Bonchev–Trinajstić information content (AvgIpc) is 2.87. The molecule has 0 amide bonds. The summed E-state index contributed by atoms with van der Waals surface area (Å²) in [5, 5.41) is 6.67. The largest absolute Gasteiger partial charge is 0.366 e. The summed E-state index contributed by atoms with van der Waals surface area (Å²) in [4.78, 5) is 9.42. The first-order valence-corrected chi connectivity index (χ1v) is 12.5. The molecule has 0 spiro atoms. The number of hydrogen-bond donors (Lipinski definition) is 1. The number of benzene rings is 3. The third-order valence-corrected chi connectivity index (χ3v) is 5.99. The molecule has 4 aromatic rings. The molecular formula is C30H29N3S. The molecule has 1 heterocycles. The van der Waals surface area contributed by atoms with Crippen LogP contribution in [0, 0.1) is 0 Å². The molecule has 0 aliphatic rings. The van der Waals surface area contributed by atoms with Crippen LogP contribution in [-0.2, 0) is 6.54 Å². The van der Waals surface area contributed by atoms with Crippen molar-refractivity contribution in [2.45, 2.75) is 25.5 Å². The van der Waals surface area contributed by atoms with Crippen molar-refractivity contribution in [1.29, 1.82) is 0 Å². The highest BCUT2D eigenvalue weighted by Gasteiger charge is 2.08. The monoisotopic (exact) mass is 463 g/mol. The Bertz CT molecular complexity index is 1370. The highest BCUT2D eigenvalue weighted by Crippen LogP contribution is 2.27. The maximum absolute atomic E-state index is 4.75. The number of fused-ring (bicyclic) bond motifs is 1. The molecule has 3 nitrogen and oxygen atoms in total. The van der Waals surface area contributed by atoms with E-state index in [-0.39, 0.29) is 0 Å². The minimum absolute atomic E-state index is 0.686. The molecule has 1 aromatic heterocycles. The minimum Gasteiger partial charge on any atom is -0.366 e. The van der Waals surface area contributed by atoms with E-state index in [0.717, 1.165) is 33.4 Å². The van der Waals surface area contributed by atoms with Crippen molar-refractivity contribution in [3.8, 4) is 11.3 Å². The Labute approximate surface area is 206 Å². The van der Waals surface area contributed by atoms with Crippen LogP contribution in [0.3, 0.4) is 0 Å². The lowest BCUT2D eigenvalue weighted by atomic mass is 10.0. The van der Waals surface area contributed by atoms with Crippen LogP contribution in [0.5, 0.6) is 0 Å². The van der Waals surface area contributed by atoms with Crippen molar-refractivity contribution in [2.75, 3.05) is 11.6 Å². The Morgan fingerprint density at radius 2 is 1.74 bits per heavy atom. The van der Waals surface area contributed by atoms with Gasteiger partial charge in [0.25, 0.3) is 0 Å². The molecule has 0 fully saturated rings. The van der Waals surface area contributed by atoms with E-state index < -0.39 is 0 Å². The zero-order valence-electron chi connectivity index (χ0n) is 19.9. The third kappa shape index (κ3) is 5.83. The molecule has 34 heavy (non-hydrogen) atoms. The average molecular weight is 464 g/mol. The summed E-state index contributed by atoms with van der Waals surface area (Å²) in [6.45, 7) is 8.73. The van der Waals surface area contributed by atoms with E-state index >= 15 is 0 Å². The summed E-state index contributed by atoms with van der Waals surface area (Å²) < 4.78 is 0. The molecule has 0 radical (unpaired) electrons. The van der Waals surface area contributed by atoms with Crippen molar-refractivity contribution in [1.82, 2.24) is 9.97 Å². The van der Waals surface area contributed by atoms with Crippen LogP contribution in [0.4, 0.5) is 5.82 Å². The maximum atomic E-state index is 4.75. The number of nitrogens with zero attached hydrogens (tertiary/aromatic N) is 2. The van der Waals surface area contributed by atoms with E-state index in [2.05, 4.69) is 102 Å². The van der Waals surface area contributed by atoms with Crippen molar-refractivity contribution in [2.24, 2.45) is 0 Å². The topological polar surface area (TPSA) is 37.8 Å². The molecule has 1 N–H and O–H groups in total. The van der Waals surface area contributed by atoms with Gasteiger partial charge in [-0.05, 0) is 53.6 Å². The van der Waals surface area contributed by atoms with Gasteiger partial charge in [0.1, 0.15) is 5.82 Å². The van der Waals surface area contributed by atoms with E-state index in [4.69, 9.17) is 4.98 Å². The Balaban J connectivity index is 1.54. The predicted molar refractivity (Wildman–Crippen MR) is 148 cm³/mol. The van der Waals surface area contributed by atoms with Gasteiger partial charge in [-0.3, -0.25) is 0 Å². The van der Waals surface area contributed by atoms with Gasteiger partial charge in [-0.15, -0.1) is 0 Å². The van der Waals surface area contributed by atoms with Crippen molar-refractivity contribution < 1.29 is 0 Å². The van der Waals surface area contributed by atoms with Gasteiger partial charge >= 0.3 is 0 Å². The summed E-state index contributed by atoms with van der Waals surface area (Å²) in [6.07, 6.45) is 8.27. The van der Waals surface area contributed by atoms with Gasteiger partial charge in [0, 0.05) is 18.2 Å². The third-order valence-electron chi connectivity index (χ3n) is 5.44. The van der Waals surface area contributed by atoms with Gasteiger partial charge in [-0.1, -0.05) is 103 Å². The van der Waals surface area contributed by atoms with E-state index in [0.29, 0.717) is 6.54 Å². The zero-order valence-corrected chi connectivity index (χ0v) is 20.7. The molecule has 4 rings (SSSR count). The number of nitrogens with one attached hydrogen (secondary N) is 1. The lowest BCUT2D eigenvalue weighted by Gasteiger charge is -2.11. The van der Waals surface area contributed by atoms with Crippen LogP contribution in [0.15, 0.2) is 108 Å². The van der Waals surface area contributed by atoms with Gasteiger partial charge in [0.05, 0.1) is 5.69 Å². The smallest absolute Gasteiger partial charge is 0.189 e. The van der Waals surface area contributed by atoms with Crippen LogP contribution in [-0.4, -0.2) is 16.2 Å². The summed E-state index contributed by atoms with van der Waals surface area (Å²) >= 11 is 1.55. The molecule has 4 heteroatoms. The second-order valence-corrected chi connectivity index (χ2v) is 8.96. The normalized spacial score (nSPS) is 11.8. The molecule has 0 saturated carbocycles. The maximum Gasteiger partial charge on any atom is 0.189 e. The molecule has 0 saturated heterocycles. The van der Waals surface area contributed by atoms with Gasteiger partial charge < -0.3 is 5.32 Å². The zero-order chi connectivity index (χ0) is 23.9. The van der Waals surface area contributed by atoms with Gasteiger partial charge in [0.2, 0.25) is 0 Å². The van der Waals surface area contributed by atoms with Gasteiger partial charge in [-0.2, -0.15) is 0 Å². The van der Waals surface area contributed by atoms with Crippen LogP contribution < -0.4 is 5.32 Å². The van der Waals surface area contributed by atoms with Crippen molar-refractivity contribution in [3.05, 3.63) is 114 Å². The molecule has 0 atom stereocenters. The second kappa shape index (κ2) is 11.0. The molecule has 0 aliphatic heterocycles. The van der Waals surface area contributed by atoms with Crippen LogP contribution in [0.2, 0.25) is 0 Å². The summed E-state index contributed by atoms with van der Waals surface area (Å²) in [5.74, 6) is 0.823. The SMILES string of the molecule is C=C(C)/C=C(\C=C/C)c1ccc(CNc2cc(-c3ccc4ccccc4c3)nc(SC)n2)cc1. The number of aromatic nitrogens is 2. The van der Waals surface area contributed by atoms with Gasteiger partial charge in [0.15, 0.2) is 5.16 Å². The van der Waals surface area contributed by atoms with Crippen LogP contribution in [0.1, 0.15) is 25.0 Å². The number of thioether (sulfide) groups is 1. The summed E-state index contributed by atoms with van der Waals surface area (Å²) in [7, 11) is 0. The number of allylic oxidation sites excluding steroid dienone is 5. The Kier molecular flexibility index (Phi) is 7.61. The van der Waals surface area contributed by atoms with Crippen LogP contribution in [0.25, 0.3) is 27.6 Å². The van der Waals surface area contributed by atoms with Gasteiger partial charge in [-0.25, -0.2) is 9.97 Å². The molecule has 0 unspecified atom stereocenters. The molecular weight excluding hydrogens is 434 g/mol. The highest BCUT2D eigenvalue weighted by atomic mass is 32.2. The standard InChI is InChI=1S/C30H29N3S/c1-5-8-25(17-21(2)3)24-13-11-22(12-14-24)20-31-29-19-28(32-30(33-29)34-4)27-16-15-23-9-6-7-10-26(23)18-27/h5-19H,2,20H2,1,3-4H3,(H,31,32,33)/b8-5-,25-17+. The molecule has 170 valence electrons. The fourth-order valence-corrected chi connectivity index (χ4v) is 4.16. The lowest BCUT2D eigenvalue weighted by Crippen LogP contribution is -2.03. The van der Waals surface area contributed by atoms with Crippen molar-refractivity contribution >= 4 is 33.9 Å². The lowest BCUT2D eigenvalue weighted by molar-refractivity contribution is 0.961. The van der Waals surface area contributed by atoms with E-state index in [1.165, 1.54) is 21.9 Å². The van der Waals surface area contributed by atoms with Crippen LogP contribution >= 0.6 is 11.8 Å². The molecule has 3 aromatic carbocycles. The van der Waals surface area contributed by atoms with E-state index in [1.54, 1.807) is 11.8 Å². The first-order valence-electron chi connectivity index (χ1n) is 11.3. The Morgan fingerprint density at radius 1 is 0.971 bits per heavy atom. The Morgan fingerprint density at radius 3 is 2.44 bits per heavy atom. The summed E-state index contributed by atoms with van der Waals surface area (Å²) in [6, 6.07) is 25.5. The fraction of sp³-hybridized carbons (Fsp3) is 0.133. The number of anilines is 1. The highest BCUT2D eigenvalue weighted by molar-refractivity contribution is 7.98. The first kappa shape index (κ1) is 23.5. The summed E-state index contributed by atoms with van der Waals surface area (Å²) in [5.41, 5.74) is 6.57. The first-order chi connectivity index (χ1) is 16.6. The van der Waals surface area contributed by atoms with E-state index in [9.17, 15) is 0 Å². The number of rotatable bonds is 8. The predicted octanol–water partition coefficient (Wildman–Crippen LogP) is 8.17. The molecule has 0 aliphatic carbocycles. The molecule has 0 bridgehead atoms. The Hall–Kier alpha value is -3.63. The van der Waals surface area contributed by atoms with E-state index in [1.807, 2.05) is 26.2 Å². The number of hydrogen-bond acceptors (Lipinski definition) is 4. The minimum atomic E-state index is 0.686. The van der Waals surface area contributed by atoms with Crippen molar-refractivity contribution in [3.63, 3.8) is 0 Å². The fourth-order valence-electron chi connectivity index (χ4n) is 3.78. The second-order valence-electron chi connectivity index (χ2n) is 8.18. The quantitative estimate of drug-likeness (QED) is 0.162.